The molecule has 0 aliphatic carbocycles. The predicted molar refractivity (Wildman–Crippen MR) is 61.9 cm³/mol. The Kier molecular flexibility index (Phi) is 2.53. The summed E-state index contributed by atoms with van der Waals surface area (Å²) in [6.07, 6.45) is 5.53. The normalized spacial score (nSPS) is 12.0. The van der Waals surface area contributed by atoms with E-state index in [2.05, 4.69) is 36.0 Å². The van der Waals surface area contributed by atoms with Crippen molar-refractivity contribution in [3.63, 3.8) is 0 Å². The zero-order valence-electron chi connectivity index (χ0n) is 10.2. The molecule has 2 aromatic heterocycles. The molecule has 2 aromatic rings. The summed E-state index contributed by atoms with van der Waals surface area (Å²) >= 11 is 0. The molecule has 2 rings (SSSR count). The molecule has 0 unspecified atom stereocenters. The van der Waals surface area contributed by atoms with Crippen molar-refractivity contribution in [2.24, 2.45) is 0 Å². The molecule has 0 radical (unpaired) electrons. The van der Waals surface area contributed by atoms with Gasteiger partial charge in [0.25, 0.3) is 0 Å². The summed E-state index contributed by atoms with van der Waals surface area (Å²) in [5.74, 6) is 0.734. The van der Waals surface area contributed by atoms with E-state index in [1.54, 1.807) is 12.5 Å². The second-order valence-corrected chi connectivity index (χ2v) is 4.77. The molecule has 86 valence electrons. The van der Waals surface area contributed by atoms with Gasteiger partial charge in [-0.15, -0.1) is 0 Å². The molecule has 0 aliphatic rings. The lowest BCUT2D eigenvalue weighted by Gasteiger charge is -2.18. The average Bonchev–Trinajstić information content (AvgIpc) is 2.85. The highest BCUT2D eigenvalue weighted by atomic mass is 15.3. The fourth-order valence-corrected chi connectivity index (χ4v) is 1.38. The molecule has 0 fully saturated rings. The lowest BCUT2D eigenvalue weighted by atomic mass is 10.1. The van der Waals surface area contributed by atoms with Crippen LogP contribution in [0.3, 0.4) is 0 Å². The molecule has 5 nitrogen and oxygen atoms in total. The van der Waals surface area contributed by atoms with E-state index in [0.717, 1.165) is 17.9 Å². The molecule has 0 saturated heterocycles. The quantitative estimate of drug-likeness (QED) is 0.775. The highest BCUT2D eigenvalue weighted by Gasteiger charge is 2.15. The van der Waals surface area contributed by atoms with Crippen LogP contribution in [0.25, 0.3) is 11.4 Å². The highest BCUT2D eigenvalue weighted by Crippen LogP contribution is 2.18. The number of aryl methyl sites for hydroxylation is 1. The minimum Gasteiger partial charge on any atom is -0.267 e. The summed E-state index contributed by atoms with van der Waals surface area (Å²) in [5.41, 5.74) is 0.952. The molecule has 0 amide bonds. The van der Waals surface area contributed by atoms with Gasteiger partial charge >= 0.3 is 0 Å². The summed E-state index contributed by atoms with van der Waals surface area (Å²) in [7, 11) is 0. The molecular weight excluding hydrogens is 202 g/mol. The average molecular weight is 219 g/mol. The number of aromatic nitrogens is 5. The smallest absolute Gasteiger partial charge is 0.184 e. The SMILES string of the molecule is CCn1cnc(-c2cnn(C(C)(C)C)c2)n1. The Bertz CT molecular complexity index is 475. The third-order valence-corrected chi connectivity index (χ3v) is 2.39. The molecule has 0 aliphatic heterocycles. The van der Waals surface area contributed by atoms with Crippen LogP contribution >= 0.6 is 0 Å². The van der Waals surface area contributed by atoms with Crippen LogP contribution < -0.4 is 0 Å². The third kappa shape index (κ3) is 1.98. The van der Waals surface area contributed by atoms with Gasteiger partial charge in [-0.1, -0.05) is 0 Å². The Balaban J connectivity index is 2.31. The first-order valence-corrected chi connectivity index (χ1v) is 5.45. The molecule has 0 atom stereocenters. The van der Waals surface area contributed by atoms with Crippen LogP contribution in [0.2, 0.25) is 0 Å². The zero-order chi connectivity index (χ0) is 11.8. The van der Waals surface area contributed by atoms with E-state index < -0.39 is 0 Å². The maximum atomic E-state index is 4.35. The lowest BCUT2D eigenvalue weighted by Crippen LogP contribution is -2.21. The van der Waals surface area contributed by atoms with Gasteiger partial charge in [0.1, 0.15) is 6.33 Å². The van der Waals surface area contributed by atoms with Gasteiger partial charge < -0.3 is 0 Å². The van der Waals surface area contributed by atoms with Crippen LogP contribution in [-0.4, -0.2) is 24.5 Å². The van der Waals surface area contributed by atoms with Crippen LogP contribution in [0.1, 0.15) is 27.7 Å². The van der Waals surface area contributed by atoms with Crippen molar-refractivity contribution in [2.45, 2.75) is 39.8 Å². The summed E-state index contributed by atoms with van der Waals surface area (Å²) < 4.78 is 3.73. The Morgan fingerprint density at radius 2 is 2.06 bits per heavy atom. The highest BCUT2D eigenvalue weighted by molar-refractivity contribution is 5.51. The minimum atomic E-state index is -0.00836. The van der Waals surface area contributed by atoms with E-state index in [9.17, 15) is 0 Å². The van der Waals surface area contributed by atoms with E-state index in [1.807, 2.05) is 22.5 Å². The van der Waals surface area contributed by atoms with Crippen molar-refractivity contribution in [2.75, 3.05) is 0 Å². The maximum Gasteiger partial charge on any atom is 0.184 e. The maximum absolute atomic E-state index is 4.35. The van der Waals surface area contributed by atoms with Crippen molar-refractivity contribution in [1.82, 2.24) is 24.5 Å². The van der Waals surface area contributed by atoms with Gasteiger partial charge in [-0.05, 0) is 27.7 Å². The van der Waals surface area contributed by atoms with E-state index in [4.69, 9.17) is 0 Å². The molecule has 2 heterocycles. The second kappa shape index (κ2) is 3.73. The van der Waals surface area contributed by atoms with Crippen molar-refractivity contribution in [3.8, 4) is 11.4 Å². The van der Waals surface area contributed by atoms with Crippen LogP contribution in [0, 0.1) is 0 Å². The van der Waals surface area contributed by atoms with Gasteiger partial charge in [-0.2, -0.15) is 10.2 Å². The molecule has 0 N–H and O–H groups in total. The molecule has 0 spiro atoms. The monoisotopic (exact) mass is 219 g/mol. The molecule has 0 aromatic carbocycles. The van der Waals surface area contributed by atoms with Gasteiger partial charge in [0.2, 0.25) is 0 Å². The van der Waals surface area contributed by atoms with E-state index in [0.29, 0.717) is 0 Å². The number of hydrogen-bond acceptors (Lipinski definition) is 3. The number of rotatable bonds is 2. The Labute approximate surface area is 95.1 Å². The van der Waals surface area contributed by atoms with Gasteiger partial charge in [0.15, 0.2) is 5.82 Å². The van der Waals surface area contributed by atoms with Crippen LogP contribution in [0.15, 0.2) is 18.7 Å². The number of nitrogens with zero attached hydrogens (tertiary/aromatic N) is 5. The Morgan fingerprint density at radius 3 is 2.56 bits per heavy atom. The topological polar surface area (TPSA) is 48.5 Å². The van der Waals surface area contributed by atoms with E-state index >= 15 is 0 Å². The molecule has 16 heavy (non-hydrogen) atoms. The van der Waals surface area contributed by atoms with Crippen molar-refractivity contribution in [3.05, 3.63) is 18.7 Å². The summed E-state index contributed by atoms with van der Waals surface area (Å²) in [5, 5.41) is 8.67. The Hall–Kier alpha value is -1.65. The van der Waals surface area contributed by atoms with Crippen molar-refractivity contribution < 1.29 is 0 Å². The minimum absolute atomic E-state index is 0.00836. The van der Waals surface area contributed by atoms with Crippen molar-refractivity contribution >= 4 is 0 Å². The number of hydrogen-bond donors (Lipinski definition) is 0. The first-order valence-electron chi connectivity index (χ1n) is 5.45. The van der Waals surface area contributed by atoms with Crippen LogP contribution in [0.5, 0.6) is 0 Å². The lowest BCUT2D eigenvalue weighted by molar-refractivity contribution is 0.355. The van der Waals surface area contributed by atoms with Gasteiger partial charge in [0, 0.05) is 12.7 Å². The zero-order valence-corrected chi connectivity index (χ0v) is 10.2. The first-order chi connectivity index (χ1) is 7.50. The molecule has 5 heteroatoms. The van der Waals surface area contributed by atoms with Gasteiger partial charge in [-0.25, -0.2) is 4.98 Å². The molecule has 0 saturated carbocycles. The standard InChI is InChI=1S/C11H17N5/c1-5-15-8-12-10(14-15)9-6-13-16(7-9)11(2,3)4/h6-8H,5H2,1-4H3. The first kappa shape index (κ1) is 10.9. The van der Waals surface area contributed by atoms with E-state index in [1.165, 1.54) is 0 Å². The summed E-state index contributed by atoms with van der Waals surface area (Å²) in [6.45, 7) is 9.21. The largest absolute Gasteiger partial charge is 0.267 e. The van der Waals surface area contributed by atoms with Crippen LogP contribution in [0.4, 0.5) is 0 Å². The fourth-order valence-electron chi connectivity index (χ4n) is 1.38. The Morgan fingerprint density at radius 1 is 1.31 bits per heavy atom. The van der Waals surface area contributed by atoms with Crippen LogP contribution in [-0.2, 0) is 12.1 Å². The van der Waals surface area contributed by atoms with E-state index in [-0.39, 0.29) is 5.54 Å². The summed E-state index contributed by atoms with van der Waals surface area (Å²) in [4.78, 5) is 4.25. The third-order valence-electron chi connectivity index (χ3n) is 2.39. The summed E-state index contributed by atoms with van der Waals surface area (Å²) in [6, 6.07) is 0. The fraction of sp³-hybridized carbons (Fsp3) is 0.545. The molecule has 0 bridgehead atoms. The van der Waals surface area contributed by atoms with Gasteiger partial charge in [0.05, 0.1) is 17.3 Å². The second-order valence-electron chi connectivity index (χ2n) is 4.77. The van der Waals surface area contributed by atoms with Gasteiger partial charge in [-0.3, -0.25) is 9.36 Å². The predicted octanol–water partition coefficient (Wildman–Crippen LogP) is 1.92. The van der Waals surface area contributed by atoms with Crippen molar-refractivity contribution in [1.29, 1.82) is 0 Å². The molecular formula is C11H17N5.